The van der Waals surface area contributed by atoms with Crippen LogP contribution < -0.4 is 10.2 Å². The lowest BCUT2D eigenvalue weighted by Gasteiger charge is -2.21. The van der Waals surface area contributed by atoms with Gasteiger partial charge in [-0.15, -0.1) is 0 Å². The Bertz CT molecular complexity index is 704. The average Bonchev–Trinajstić information content (AvgIpc) is 2.49. The second kappa shape index (κ2) is 7.74. The first-order valence-electron chi connectivity index (χ1n) is 7.05. The highest BCUT2D eigenvalue weighted by Crippen LogP contribution is 2.17. The fourth-order valence-electron chi connectivity index (χ4n) is 2.08. The van der Waals surface area contributed by atoms with Crippen molar-refractivity contribution in [3.05, 3.63) is 59.4 Å². The largest absolute Gasteiger partial charge is 0.326 e. The fourth-order valence-corrected chi connectivity index (χ4v) is 2.21. The van der Waals surface area contributed by atoms with E-state index in [0.29, 0.717) is 16.4 Å². The van der Waals surface area contributed by atoms with Crippen molar-refractivity contribution in [1.29, 1.82) is 0 Å². The molecule has 4 nitrogen and oxygen atoms in total. The third kappa shape index (κ3) is 5.07. The number of halogens is 2. The van der Waals surface area contributed by atoms with Gasteiger partial charge in [0.15, 0.2) is 0 Å². The smallest absolute Gasteiger partial charge is 0.226 e. The van der Waals surface area contributed by atoms with Gasteiger partial charge in [0.25, 0.3) is 0 Å². The van der Waals surface area contributed by atoms with Crippen LogP contribution >= 0.6 is 11.6 Å². The van der Waals surface area contributed by atoms with Crippen molar-refractivity contribution in [2.24, 2.45) is 0 Å². The van der Waals surface area contributed by atoms with Gasteiger partial charge in [0.1, 0.15) is 5.82 Å². The number of benzene rings is 2. The van der Waals surface area contributed by atoms with Gasteiger partial charge in [-0.2, -0.15) is 0 Å². The molecule has 2 aromatic rings. The maximum atomic E-state index is 13.3. The number of anilines is 2. The van der Waals surface area contributed by atoms with Crippen LogP contribution in [0, 0.1) is 5.82 Å². The molecule has 2 rings (SSSR count). The highest BCUT2D eigenvalue weighted by Gasteiger charge is 2.14. The zero-order valence-electron chi connectivity index (χ0n) is 12.6. The molecule has 23 heavy (non-hydrogen) atoms. The molecule has 0 unspecified atom stereocenters. The molecule has 0 atom stereocenters. The monoisotopic (exact) mass is 334 g/mol. The zero-order chi connectivity index (χ0) is 16.8. The van der Waals surface area contributed by atoms with Crippen LogP contribution in [-0.4, -0.2) is 18.4 Å². The van der Waals surface area contributed by atoms with Crippen molar-refractivity contribution in [2.45, 2.75) is 13.3 Å². The van der Waals surface area contributed by atoms with E-state index in [1.165, 1.54) is 30.0 Å². The maximum Gasteiger partial charge on any atom is 0.226 e. The second-order valence-electron chi connectivity index (χ2n) is 4.96. The molecule has 120 valence electrons. The van der Waals surface area contributed by atoms with Gasteiger partial charge in [-0.3, -0.25) is 9.59 Å². The minimum atomic E-state index is -0.431. The summed E-state index contributed by atoms with van der Waals surface area (Å²) in [6.45, 7) is 1.54. The minimum Gasteiger partial charge on any atom is -0.326 e. The molecule has 1 N–H and O–H groups in total. The van der Waals surface area contributed by atoms with Gasteiger partial charge in [0.2, 0.25) is 11.8 Å². The summed E-state index contributed by atoms with van der Waals surface area (Å²) in [4.78, 5) is 25.1. The van der Waals surface area contributed by atoms with E-state index in [9.17, 15) is 14.0 Å². The summed E-state index contributed by atoms with van der Waals surface area (Å²) >= 11 is 5.78. The lowest BCUT2D eigenvalue weighted by Crippen LogP contribution is -2.32. The van der Waals surface area contributed by atoms with E-state index in [2.05, 4.69) is 5.32 Å². The van der Waals surface area contributed by atoms with Gasteiger partial charge in [0.05, 0.1) is 0 Å². The molecular weight excluding hydrogens is 319 g/mol. The van der Waals surface area contributed by atoms with E-state index in [1.54, 1.807) is 30.3 Å². The summed E-state index contributed by atoms with van der Waals surface area (Å²) in [5.41, 5.74) is 1.05. The second-order valence-corrected chi connectivity index (χ2v) is 5.39. The molecule has 0 heterocycles. The maximum absolute atomic E-state index is 13.3. The molecule has 2 amide bonds. The Morgan fingerprint density at radius 1 is 1.17 bits per heavy atom. The lowest BCUT2D eigenvalue weighted by atomic mass is 10.2. The fraction of sp³-hybridized carbons (Fsp3) is 0.176. The molecule has 0 aliphatic carbocycles. The Labute approximate surface area is 138 Å². The van der Waals surface area contributed by atoms with Crippen molar-refractivity contribution < 1.29 is 14.0 Å². The van der Waals surface area contributed by atoms with Crippen LogP contribution in [0.1, 0.15) is 13.3 Å². The molecule has 0 aliphatic heterocycles. The lowest BCUT2D eigenvalue weighted by molar-refractivity contribution is -0.117. The number of hydrogen-bond donors (Lipinski definition) is 1. The first-order valence-corrected chi connectivity index (χ1v) is 7.42. The Morgan fingerprint density at radius 3 is 2.48 bits per heavy atom. The topological polar surface area (TPSA) is 49.4 Å². The SMILES string of the molecule is CC(=O)N(CCC(=O)Nc1ccc(Cl)cc1)c1cccc(F)c1. The Morgan fingerprint density at radius 2 is 1.87 bits per heavy atom. The van der Waals surface area contributed by atoms with Crippen LogP contribution in [0.5, 0.6) is 0 Å². The molecule has 0 spiro atoms. The highest BCUT2D eigenvalue weighted by atomic mass is 35.5. The van der Waals surface area contributed by atoms with Gasteiger partial charge >= 0.3 is 0 Å². The number of rotatable bonds is 5. The highest BCUT2D eigenvalue weighted by molar-refractivity contribution is 6.30. The summed E-state index contributed by atoms with van der Waals surface area (Å²) in [5, 5.41) is 3.30. The Balaban J connectivity index is 1.97. The number of carbonyl (C=O) groups is 2. The predicted molar refractivity (Wildman–Crippen MR) is 89.1 cm³/mol. The molecule has 0 fully saturated rings. The number of nitrogens with zero attached hydrogens (tertiary/aromatic N) is 1. The van der Waals surface area contributed by atoms with Crippen molar-refractivity contribution in [3.63, 3.8) is 0 Å². The molecule has 6 heteroatoms. The van der Waals surface area contributed by atoms with Gasteiger partial charge in [-0.1, -0.05) is 17.7 Å². The van der Waals surface area contributed by atoms with Crippen LogP contribution in [0.25, 0.3) is 0 Å². The van der Waals surface area contributed by atoms with E-state index < -0.39 is 5.82 Å². The molecule has 2 aromatic carbocycles. The van der Waals surface area contributed by atoms with Crippen LogP contribution in [0.15, 0.2) is 48.5 Å². The molecule has 0 bridgehead atoms. The number of nitrogens with one attached hydrogen (secondary N) is 1. The third-order valence-electron chi connectivity index (χ3n) is 3.19. The van der Waals surface area contributed by atoms with Crippen molar-refractivity contribution in [2.75, 3.05) is 16.8 Å². The van der Waals surface area contributed by atoms with Crippen molar-refractivity contribution in [1.82, 2.24) is 0 Å². The Kier molecular flexibility index (Phi) is 5.71. The standard InChI is InChI=1S/C17H16ClFN2O2/c1-12(22)21(16-4-2-3-14(19)11-16)10-9-17(23)20-15-7-5-13(18)6-8-15/h2-8,11H,9-10H2,1H3,(H,20,23). The van der Waals surface area contributed by atoms with E-state index in [0.717, 1.165) is 0 Å². The average molecular weight is 335 g/mol. The van der Waals surface area contributed by atoms with E-state index >= 15 is 0 Å². The van der Waals surface area contributed by atoms with Gasteiger partial charge in [0, 0.05) is 36.3 Å². The minimum absolute atomic E-state index is 0.0960. The first-order chi connectivity index (χ1) is 11.0. The Hall–Kier alpha value is -2.40. The van der Waals surface area contributed by atoms with Crippen LogP contribution in [0.4, 0.5) is 15.8 Å². The normalized spacial score (nSPS) is 10.2. The number of amides is 2. The number of hydrogen-bond acceptors (Lipinski definition) is 2. The molecular formula is C17H16ClFN2O2. The number of carbonyl (C=O) groups excluding carboxylic acids is 2. The summed E-state index contributed by atoms with van der Waals surface area (Å²) in [5.74, 6) is -0.927. The van der Waals surface area contributed by atoms with E-state index in [4.69, 9.17) is 11.6 Å². The zero-order valence-corrected chi connectivity index (χ0v) is 13.3. The van der Waals surface area contributed by atoms with E-state index in [1.807, 2.05) is 0 Å². The summed E-state index contributed by atoms with van der Waals surface area (Å²) in [6, 6.07) is 12.4. The van der Waals surface area contributed by atoms with E-state index in [-0.39, 0.29) is 24.8 Å². The van der Waals surface area contributed by atoms with Gasteiger partial charge in [-0.25, -0.2) is 4.39 Å². The predicted octanol–water partition coefficient (Wildman–Crippen LogP) is 3.86. The molecule has 0 saturated heterocycles. The van der Waals surface area contributed by atoms with Gasteiger partial charge < -0.3 is 10.2 Å². The quantitative estimate of drug-likeness (QED) is 0.902. The summed E-state index contributed by atoms with van der Waals surface area (Å²) < 4.78 is 13.3. The third-order valence-corrected chi connectivity index (χ3v) is 3.44. The van der Waals surface area contributed by atoms with Crippen molar-refractivity contribution in [3.8, 4) is 0 Å². The molecule has 0 aromatic heterocycles. The van der Waals surface area contributed by atoms with Crippen LogP contribution in [0.3, 0.4) is 0 Å². The molecule has 0 saturated carbocycles. The molecule has 0 aliphatic rings. The summed E-state index contributed by atoms with van der Waals surface area (Å²) in [7, 11) is 0. The van der Waals surface area contributed by atoms with Crippen LogP contribution in [-0.2, 0) is 9.59 Å². The van der Waals surface area contributed by atoms with Gasteiger partial charge in [-0.05, 0) is 42.5 Å². The van der Waals surface area contributed by atoms with Crippen LogP contribution in [0.2, 0.25) is 5.02 Å². The molecule has 0 radical (unpaired) electrons. The first kappa shape index (κ1) is 17.0. The van der Waals surface area contributed by atoms with Crippen molar-refractivity contribution >= 4 is 34.8 Å². The summed E-state index contributed by atoms with van der Waals surface area (Å²) in [6.07, 6.45) is 0.0960.